The lowest BCUT2D eigenvalue weighted by atomic mass is 10.1. The maximum atomic E-state index is 12.7. The lowest BCUT2D eigenvalue weighted by Gasteiger charge is -2.11. The van der Waals surface area contributed by atoms with Gasteiger partial charge in [-0.15, -0.1) is 0 Å². The van der Waals surface area contributed by atoms with Gasteiger partial charge in [0.15, 0.2) is 0 Å². The van der Waals surface area contributed by atoms with Crippen molar-refractivity contribution in [2.24, 2.45) is 0 Å². The summed E-state index contributed by atoms with van der Waals surface area (Å²) in [5.74, 6) is 1.04. The van der Waals surface area contributed by atoms with Crippen molar-refractivity contribution in [3.63, 3.8) is 0 Å². The van der Waals surface area contributed by atoms with Crippen LogP contribution in [0.15, 0.2) is 48.5 Å². The molecule has 0 aliphatic rings. The van der Waals surface area contributed by atoms with Crippen LogP contribution < -0.4 is 15.4 Å². The average Bonchev–Trinajstić information content (AvgIpc) is 2.71. The molecule has 2 N–H and O–H groups in total. The number of hydrogen-bond acceptors (Lipinski definition) is 5. The van der Waals surface area contributed by atoms with Crippen molar-refractivity contribution in [1.29, 1.82) is 0 Å². The van der Waals surface area contributed by atoms with E-state index in [0.29, 0.717) is 18.2 Å². The SMILES string of the molecule is COc1ccc(CCNc2nc(C)cc(C(=O)Nc3cccc(C)c3C)n2)cc1. The van der Waals surface area contributed by atoms with Crippen LogP contribution in [0.3, 0.4) is 0 Å². The maximum Gasteiger partial charge on any atom is 0.274 e. The number of amides is 1. The van der Waals surface area contributed by atoms with Crippen molar-refractivity contribution in [3.8, 4) is 5.75 Å². The number of benzene rings is 2. The van der Waals surface area contributed by atoms with E-state index in [0.717, 1.165) is 34.7 Å². The Labute approximate surface area is 171 Å². The lowest BCUT2D eigenvalue weighted by molar-refractivity contribution is 0.102. The summed E-state index contributed by atoms with van der Waals surface area (Å²) in [4.78, 5) is 21.5. The van der Waals surface area contributed by atoms with Crippen molar-refractivity contribution < 1.29 is 9.53 Å². The largest absolute Gasteiger partial charge is 0.497 e. The van der Waals surface area contributed by atoms with Crippen LogP contribution in [-0.4, -0.2) is 29.5 Å². The monoisotopic (exact) mass is 390 g/mol. The molecule has 3 rings (SSSR count). The molecule has 150 valence electrons. The molecule has 0 aliphatic heterocycles. The van der Waals surface area contributed by atoms with Crippen LogP contribution in [0.2, 0.25) is 0 Å². The molecule has 0 fully saturated rings. The molecule has 1 heterocycles. The van der Waals surface area contributed by atoms with Crippen LogP contribution in [0, 0.1) is 20.8 Å². The Kier molecular flexibility index (Phi) is 6.44. The summed E-state index contributed by atoms with van der Waals surface area (Å²) in [6.45, 7) is 6.52. The second kappa shape index (κ2) is 9.19. The van der Waals surface area contributed by atoms with Gasteiger partial charge in [-0.1, -0.05) is 24.3 Å². The van der Waals surface area contributed by atoms with E-state index < -0.39 is 0 Å². The molecule has 0 saturated carbocycles. The summed E-state index contributed by atoms with van der Waals surface area (Å²) >= 11 is 0. The van der Waals surface area contributed by atoms with Gasteiger partial charge in [-0.2, -0.15) is 0 Å². The number of aromatic nitrogens is 2. The Morgan fingerprint density at radius 3 is 2.52 bits per heavy atom. The number of anilines is 2. The smallest absolute Gasteiger partial charge is 0.274 e. The zero-order valence-electron chi connectivity index (χ0n) is 17.2. The number of ether oxygens (including phenoxy) is 1. The second-order valence-electron chi connectivity index (χ2n) is 6.94. The van der Waals surface area contributed by atoms with Gasteiger partial charge in [-0.05, 0) is 68.1 Å². The van der Waals surface area contributed by atoms with E-state index in [2.05, 4.69) is 20.6 Å². The zero-order valence-corrected chi connectivity index (χ0v) is 17.2. The number of methoxy groups -OCH3 is 1. The van der Waals surface area contributed by atoms with Crippen LogP contribution in [0.25, 0.3) is 0 Å². The first kappa shape index (κ1) is 20.3. The number of nitrogens with zero attached hydrogens (tertiary/aromatic N) is 2. The van der Waals surface area contributed by atoms with E-state index in [1.54, 1.807) is 13.2 Å². The van der Waals surface area contributed by atoms with Crippen LogP contribution >= 0.6 is 0 Å². The molecular weight excluding hydrogens is 364 g/mol. The van der Waals surface area contributed by atoms with Gasteiger partial charge in [-0.3, -0.25) is 4.79 Å². The quantitative estimate of drug-likeness (QED) is 0.628. The average molecular weight is 390 g/mol. The predicted octanol–water partition coefficient (Wildman–Crippen LogP) is 4.32. The standard InChI is InChI=1S/C23H26N4O2/c1-15-6-5-7-20(17(15)3)26-22(28)21-14-16(2)25-23(27-21)24-13-12-18-8-10-19(29-4)11-9-18/h5-11,14H,12-13H2,1-4H3,(H,26,28)(H,24,25,27). The van der Waals surface area contributed by atoms with Crippen molar-refractivity contribution in [2.45, 2.75) is 27.2 Å². The molecule has 0 radical (unpaired) electrons. The first-order valence-corrected chi connectivity index (χ1v) is 9.56. The minimum Gasteiger partial charge on any atom is -0.497 e. The summed E-state index contributed by atoms with van der Waals surface area (Å²) in [5, 5.41) is 6.15. The highest BCUT2D eigenvalue weighted by Crippen LogP contribution is 2.19. The first-order valence-electron chi connectivity index (χ1n) is 9.56. The van der Waals surface area contributed by atoms with Gasteiger partial charge < -0.3 is 15.4 Å². The van der Waals surface area contributed by atoms with Gasteiger partial charge in [0.1, 0.15) is 11.4 Å². The highest BCUT2D eigenvalue weighted by molar-refractivity contribution is 6.03. The van der Waals surface area contributed by atoms with E-state index in [9.17, 15) is 4.79 Å². The maximum absolute atomic E-state index is 12.7. The normalized spacial score (nSPS) is 10.5. The Hall–Kier alpha value is -3.41. The number of rotatable bonds is 7. The van der Waals surface area contributed by atoms with Gasteiger partial charge in [0.25, 0.3) is 5.91 Å². The van der Waals surface area contributed by atoms with E-state index in [1.165, 1.54) is 5.56 Å². The molecule has 1 amide bonds. The second-order valence-corrected chi connectivity index (χ2v) is 6.94. The van der Waals surface area contributed by atoms with E-state index in [4.69, 9.17) is 4.74 Å². The molecule has 1 aromatic heterocycles. The molecular formula is C23H26N4O2. The van der Waals surface area contributed by atoms with Crippen LogP contribution in [-0.2, 0) is 6.42 Å². The third-order valence-corrected chi connectivity index (χ3v) is 4.80. The fourth-order valence-corrected chi connectivity index (χ4v) is 2.95. The van der Waals surface area contributed by atoms with Crippen molar-refractivity contribution in [1.82, 2.24) is 9.97 Å². The number of carbonyl (C=O) groups excluding carboxylic acids is 1. The predicted molar refractivity (Wildman–Crippen MR) is 116 cm³/mol. The molecule has 0 unspecified atom stereocenters. The summed E-state index contributed by atoms with van der Waals surface area (Å²) in [5.41, 5.74) is 5.22. The Bertz CT molecular complexity index is 1000. The Morgan fingerprint density at radius 1 is 1.03 bits per heavy atom. The van der Waals surface area contributed by atoms with Gasteiger partial charge in [0.2, 0.25) is 5.95 Å². The van der Waals surface area contributed by atoms with Crippen LogP contribution in [0.1, 0.15) is 32.9 Å². The fourth-order valence-electron chi connectivity index (χ4n) is 2.95. The van der Waals surface area contributed by atoms with Gasteiger partial charge in [0, 0.05) is 17.9 Å². The first-order chi connectivity index (χ1) is 14.0. The van der Waals surface area contributed by atoms with Crippen LogP contribution in [0.4, 0.5) is 11.6 Å². The summed E-state index contributed by atoms with van der Waals surface area (Å²) in [7, 11) is 1.65. The zero-order chi connectivity index (χ0) is 20.8. The molecule has 0 saturated heterocycles. The fraction of sp³-hybridized carbons (Fsp3) is 0.261. The molecule has 3 aromatic rings. The van der Waals surface area contributed by atoms with E-state index in [-0.39, 0.29) is 5.91 Å². The van der Waals surface area contributed by atoms with Crippen LogP contribution in [0.5, 0.6) is 5.75 Å². The Balaban J connectivity index is 1.65. The third kappa shape index (κ3) is 5.31. The van der Waals surface area contributed by atoms with Gasteiger partial charge in [0.05, 0.1) is 7.11 Å². The van der Waals surface area contributed by atoms with Gasteiger partial charge >= 0.3 is 0 Å². The Morgan fingerprint density at radius 2 is 1.79 bits per heavy atom. The van der Waals surface area contributed by atoms with E-state index in [1.807, 2.05) is 63.2 Å². The molecule has 29 heavy (non-hydrogen) atoms. The lowest BCUT2D eigenvalue weighted by Crippen LogP contribution is -2.17. The molecule has 6 nitrogen and oxygen atoms in total. The number of hydrogen-bond donors (Lipinski definition) is 2. The molecule has 6 heteroatoms. The highest BCUT2D eigenvalue weighted by Gasteiger charge is 2.12. The number of nitrogens with one attached hydrogen (secondary N) is 2. The topological polar surface area (TPSA) is 76.1 Å². The molecule has 0 atom stereocenters. The summed E-state index contributed by atoms with van der Waals surface area (Å²) < 4.78 is 5.17. The van der Waals surface area contributed by atoms with Crippen molar-refractivity contribution in [2.75, 3.05) is 24.3 Å². The molecule has 0 spiro atoms. The molecule has 2 aromatic carbocycles. The number of aryl methyl sites for hydroxylation is 2. The molecule has 0 aliphatic carbocycles. The minimum absolute atomic E-state index is 0.248. The van der Waals surface area contributed by atoms with Gasteiger partial charge in [-0.25, -0.2) is 9.97 Å². The van der Waals surface area contributed by atoms with Crippen molar-refractivity contribution >= 4 is 17.5 Å². The van der Waals surface area contributed by atoms with E-state index >= 15 is 0 Å². The minimum atomic E-state index is -0.248. The van der Waals surface area contributed by atoms with Crippen molar-refractivity contribution in [3.05, 3.63) is 76.6 Å². The summed E-state index contributed by atoms with van der Waals surface area (Å²) in [6, 6.07) is 15.5. The molecule has 0 bridgehead atoms. The third-order valence-electron chi connectivity index (χ3n) is 4.80. The highest BCUT2D eigenvalue weighted by atomic mass is 16.5. The number of carbonyl (C=O) groups is 1. The summed E-state index contributed by atoms with van der Waals surface area (Å²) in [6.07, 6.45) is 0.811.